The van der Waals surface area contributed by atoms with E-state index in [9.17, 15) is 9.59 Å². The van der Waals surface area contributed by atoms with E-state index in [-0.39, 0.29) is 24.7 Å². The first kappa shape index (κ1) is 17.9. The van der Waals surface area contributed by atoms with Gasteiger partial charge in [-0.25, -0.2) is 14.6 Å². The van der Waals surface area contributed by atoms with Crippen LogP contribution in [0.1, 0.15) is 34.2 Å². The van der Waals surface area contributed by atoms with Gasteiger partial charge in [-0.15, -0.1) is 11.3 Å². The molecule has 0 unspecified atom stereocenters. The summed E-state index contributed by atoms with van der Waals surface area (Å²) in [5.41, 5.74) is 1.37. The zero-order chi connectivity index (χ0) is 18.7. The van der Waals surface area contributed by atoms with E-state index < -0.39 is 11.9 Å². The van der Waals surface area contributed by atoms with Gasteiger partial charge in [0, 0.05) is 0 Å². The largest absolute Gasteiger partial charge is 0.462 e. The summed E-state index contributed by atoms with van der Waals surface area (Å²) >= 11 is 1.07. The Morgan fingerprint density at radius 2 is 1.92 bits per heavy atom. The van der Waals surface area contributed by atoms with E-state index in [4.69, 9.17) is 14.2 Å². The summed E-state index contributed by atoms with van der Waals surface area (Å²) in [7, 11) is 0. The lowest BCUT2D eigenvalue weighted by Gasteiger charge is -2.07. The molecule has 1 aromatic heterocycles. The summed E-state index contributed by atoms with van der Waals surface area (Å²) in [5.74, 6) is -0.213. The molecule has 8 heteroatoms. The van der Waals surface area contributed by atoms with Crippen molar-refractivity contribution in [2.75, 3.05) is 18.5 Å². The highest BCUT2D eigenvalue weighted by Crippen LogP contribution is 2.37. The van der Waals surface area contributed by atoms with Crippen molar-refractivity contribution in [3.63, 3.8) is 0 Å². The maximum atomic E-state index is 12.5. The number of rotatable bonds is 5. The topological polar surface area (TPSA) is 86.8 Å². The van der Waals surface area contributed by atoms with Gasteiger partial charge in [0.1, 0.15) is 9.88 Å². The Morgan fingerprint density at radius 3 is 2.62 bits per heavy atom. The third-order valence-corrected chi connectivity index (χ3v) is 4.68. The Hall–Kier alpha value is -2.87. The minimum absolute atomic E-state index is 0.145. The van der Waals surface area contributed by atoms with Crippen molar-refractivity contribution in [2.24, 2.45) is 0 Å². The average molecular weight is 374 g/mol. The minimum Gasteiger partial charge on any atom is -0.462 e. The predicted molar refractivity (Wildman–Crippen MR) is 97.1 cm³/mol. The Bertz CT molecular complexity index is 860. The Kier molecular flexibility index (Phi) is 5.22. The van der Waals surface area contributed by atoms with Crippen LogP contribution in [0, 0.1) is 6.92 Å². The van der Waals surface area contributed by atoms with Crippen LogP contribution in [0.3, 0.4) is 0 Å². The molecule has 2 heterocycles. The van der Waals surface area contributed by atoms with E-state index >= 15 is 0 Å². The zero-order valence-electron chi connectivity index (χ0n) is 14.6. The second-order valence-corrected chi connectivity index (χ2v) is 6.30. The lowest BCUT2D eigenvalue weighted by Crippen LogP contribution is -2.13. The number of ether oxygens (including phenoxy) is 3. The number of aryl methyl sites for hydroxylation is 1. The number of nitrogens with zero attached hydrogens (tertiary/aromatic N) is 1. The minimum atomic E-state index is -0.577. The SMILES string of the molecule is CCOC(=O)/C(=C1\Nc2ccccc2O1)c1nc(C)c(C(=O)OCC)s1. The molecular weight excluding hydrogens is 356 g/mol. The van der Waals surface area contributed by atoms with Crippen LogP contribution in [0.25, 0.3) is 5.57 Å². The third-order valence-electron chi connectivity index (χ3n) is 3.53. The normalized spacial score (nSPS) is 14.1. The highest BCUT2D eigenvalue weighted by atomic mass is 32.1. The standard InChI is InChI=1S/C18H18N2O5S/c1-4-23-17(21)13(15-20-11-8-6-7-9-12(11)25-15)16-19-10(3)14(26-16)18(22)24-5-2/h6-9,20H,4-5H2,1-3H3/b15-13+. The van der Waals surface area contributed by atoms with Gasteiger partial charge in [0.05, 0.1) is 24.6 Å². The molecule has 0 spiro atoms. The molecule has 0 saturated carbocycles. The first-order valence-corrected chi connectivity index (χ1v) is 8.97. The van der Waals surface area contributed by atoms with E-state index in [0.29, 0.717) is 21.3 Å². The van der Waals surface area contributed by atoms with E-state index in [2.05, 4.69) is 10.3 Å². The number of carbonyl (C=O) groups is 2. The van der Waals surface area contributed by atoms with Gasteiger partial charge in [-0.05, 0) is 32.9 Å². The quantitative estimate of drug-likeness (QED) is 0.634. The molecule has 0 atom stereocenters. The Balaban J connectivity index is 2.04. The fraction of sp³-hybridized carbons (Fsp3) is 0.278. The number of fused-ring (bicyclic) bond motifs is 1. The monoisotopic (exact) mass is 374 g/mol. The summed E-state index contributed by atoms with van der Waals surface area (Å²) in [6.07, 6.45) is 0. The van der Waals surface area contributed by atoms with Gasteiger partial charge in [-0.3, -0.25) is 0 Å². The van der Waals surface area contributed by atoms with Crippen LogP contribution in [-0.4, -0.2) is 30.1 Å². The van der Waals surface area contributed by atoms with Gasteiger partial charge in [0.2, 0.25) is 5.88 Å². The fourth-order valence-electron chi connectivity index (χ4n) is 2.40. The molecule has 136 valence electrons. The van der Waals surface area contributed by atoms with Gasteiger partial charge in [-0.1, -0.05) is 12.1 Å². The summed E-state index contributed by atoms with van der Waals surface area (Å²) in [6, 6.07) is 7.31. The lowest BCUT2D eigenvalue weighted by atomic mass is 10.3. The molecule has 0 amide bonds. The van der Waals surface area contributed by atoms with Crippen molar-refractivity contribution in [3.05, 3.63) is 45.7 Å². The van der Waals surface area contributed by atoms with Crippen LogP contribution < -0.4 is 10.1 Å². The fourth-order valence-corrected chi connectivity index (χ4v) is 3.39. The highest BCUT2D eigenvalue weighted by molar-refractivity contribution is 7.15. The van der Waals surface area contributed by atoms with Crippen LogP contribution in [0.2, 0.25) is 0 Å². The van der Waals surface area contributed by atoms with Crippen LogP contribution in [0.4, 0.5) is 5.69 Å². The molecule has 0 saturated heterocycles. The average Bonchev–Trinajstić information content (AvgIpc) is 3.19. The molecule has 26 heavy (non-hydrogen) atoms. The van der Waals surface area contributed by atoms with Crippen molar-refractivity contribution in [1.82, 2.24) is 4.98 Å². The molecule has 1 aromatic carbocycles. The summed E-state index contributed by atoms with van der Waals surface area (Å²) in [4.78, 5) is 29.3. The number of hydrogen-bond donors (Lipinski definition) is 1. The Morgan fingerprint density at radius 1 is 1.19 bits per heavy atom. The first-order chi connectivity index (χ1) is 12.5. The molecule has 1 aliphatic heterocycles. The number of anilines is 1. The van der Waals surface area contributed by atoms with E-state index in [1.54, 1.807) is 26.8 Å². The Labute approximate surface area is 154 Å². The van der Waals surface area contributed by atoms with Gasteiger partial charge < -0.3 is 19.5 Å². The number of thiazole rings is 1. The van der Waals surface area contributed by atoms with Crippen molar-refractivity contribution >= 4 is 34.5 Å². The van der Waals surface area contributed by atoms with Crippen LogP contribution in [-0.2, 0) is 14.3 Å². The van der Waals surface area contributed by atoms with Gasteiger partial charge in [-0.2, -0.15) is 0 Å². The number of esters is 2. The molecular formula is C18H18N2O5S. The van der Waals surface area contributed by atoms with E-state index in [0.717, 1.165) is 17.0 Å². The molecule has 3 rings (SSSR count). The lowest BCUT2D eigenvalue weighted by molar-refractivity contribution is -0.136. The van der Waals surface area contributed by atoms with Crippen LogP contribution >= 0.6 is 11.3 Å². The molecule has 1 N–H and O–H groups in total. The van der Waals surface area contributed by atoms with Crippen molar-refractivity contribution in [3.8, 4) is 5.75 Å². The number of para-hydroxylation sites is 2. The van der Waals surface area contributed by atoms with Crippen molar-refractivity contribution in [1.29, 1.82) is 0 Å². The van der Waals surface area contributed by atoms with Crippen LogP contribution in [0.15, 0.2) is 30.1 Å². The summed E-state index contributed by atoms with van der Waals surface area (Å²) < 4.78 is 16.0. The molecule has 0 radical (unpaired) electrons. The maximum absolute atomic E-state index is 12.5. The number of benzene rings is 1. The van der Waals surface area contributed by atoms with Crippen molar-refractivity contribution < 1.29 is 23.8 Å². The second-order valence-electron chi connectivity index (χ2n) is 5.30. The number of carbonyl (C=O) groups excluding carboxylic acids is 2. The zero-order valence-corrected chi connectivity index (χ0v) is 15.4. The molecule has 7 nitrogen and oxygen atoms in total. The highest BCUT2D eigenvalue weighted by Gasteiger charge is 2.30. The molecule has 2 aromatic rings. The predicted octanol–water partition coefficient (Wildman–Crippen LogP) is 3.36. The van der Waals surface area contributed by atoms with E-state index in [1.165, 1.54) is 0 Å². The molecule has 1 aliphatic rings. The molecule has 0 bridgehead atoms. The van der Waals surface area contributed by atoms with E-state index in [1.807, 2.05) is 18.2 Å². The summed E-state index contributed by atoms with van der Waals surface area (Å²) in [5, 5.41) is 3.40. The number of nitrogens with one attached hydrogen (secondary N) is 1. The second kappa shape index (κ2) is 7.57. The number of aromatic nitrogens is 1. The van der Waals surface area contributed by atoms with Gasteiger partial charge >= 0.3 is 11.9 Å². The van der Waals surface area contributed by atoms with Gasteiger partial charge in [0.15, 0.2) is 11.3 Å². The third kappa shape index (κ3) is 3.41. The van der Waals surface area contributed by atoms with Gasteiger partial charge in [0.25, 0.3) is 0 Å². The molecule has 0 aliphatic carbocycles. The molecule has 0 fully saturated rings. The first-order valence-electron chi connectivity index (χ1n) is 8.15. The maximum Gasteiger partial charge on any atom is 0.350 e. The number of hydrogen-bond acceptors (Lipinski definition) is 8. The smallest absolute Gasteiger partial charge is 0.350 e. The van der Waals surface area contributed by atoms with Crippen LogP contribution in [0.5, 0.6) is 5.75 Å². The summed E-state index contributed by atoms with van der Waals surface area (Å²) in [6.45, 7) is 5.61. The van der Waals surface area contributed by atoms with Crippen molar-refractivity contribution in [2.45, 2.75) is 20.8 Å².